The van der Waals surface area contributed by atoms with E-state index in [1.807, 2.05) is 6.92 Å². The van der Waals surface area contributed by atoms with Crippen LogP contribution >= 0.6 is 0 Å². The summed E-state index contributed by atoms with van der Waals surface area (Å²) in [4.78, 5) is 23.6. The first-order valence-corrected chi connectivity index (χ1v) is 6.58. The van der Waals surface area contributed by atoms with Gasteiger partial charge in [-0.25, -0.2) is 4.39 Å². The van der Waals surface area contributed by atoms with E-state index in [0.717, 1.165) is 12.5 Å². The third-order valence-corrected chi connectivity index (χ3v) is 2.94. The molecule has 5 nitrogen and oxygen atoms in total. The Hall–Kier alpha value is -2.63. The molecule has 0 aliphatic rings. The zero-order chi connectivity index (χ0) is 15.4. The van der Waals surface area contributed by atoms with Gasteiger partial charge in [-0.2, -0.15) is 0 Å². The maximum absolute atomic E-state index is 13.7. The van der Waals surface area contributed by atoms with Crippen molar-refractivity contribution in [2.45, 2.75) is 19.9 Å². The lowest BCUT2D eigenvalue weighted by atomic mass is 10.2. The third kappa shape index (κ3) is 3.47. The van der Waals surface area contributed by atoms with Crippen LogP contribution in [0.5, 0.6) is 0 Å². The molecule has 0 fully saturated rings. The van der Waals surface area contributed by atoms with Crippen molar-refractivity contribution >= 4 is 17.3 Å². The van der Waals surface area contributed by atoms with E-state index in [1.165, 1.54) is 28.8 Å². The van der Waals surface area contributed by atoms with Gasteiger partial charge in [-0.15, -0.1) is 0 Å². The Labute approximate surface area is 121 Å². The zero-order valence-electron chi connectivity index (χ0n) is 11.6. The number of benzene rings is 1. The molecule has 1 aromatic carbocycles. The third-order valence-electron chi connectivity index (χ3n) is 2.94. The van der Waals surface area contributed by atoms with Crippen LogP contribution in [-0.2, 0) is 6.54 Å². The smallest absolute Gasteiger partial charge is 0.258 e. The summed E-state index contributed by atoms with van der Waals surface area (Å²) >= 11 is 0. The monoisotopic (exact) mass is 289 g/mol. The van der Waals surface area contributed by atoms with Crippen molar-refractivity contribution < 1.29 is 9.18 Å². The van der Waals surface area contributed by atoms with Gasteiger partial charge in [-0.1, -0.05) is 6.92 Å². The van der Waals surface area contributed by atoms with Crippen LogP contribution in [-0.4, -0.2) is 10.5 Å². The molecule has 2 aromatic rings. The molecule has 0 atom stereocenters. The minimum Gasteiger partial charge on any atom is -0.399 e. The van der Waals surface area contributed by atoms with Crippen molar-refractivity contribution in [1.29, 1.82) is 0 Å². The summed E-state index contributed by atoms with van der Waals surface area (Å²) in [6, 6.07) is 6.72. The Morgan fingerprint density at radius 1 is 1.33 bits per heavy atom. The molecular formula is C15H16FN3O2. The van der Waals surface area contributed by atoms with Gasteiger partial charge in [-0.05, 0) is 30.7 Å². The van der Waals surface area contributed by atoms with Crippen molar-refractivity contribution in [3.63, 3.8) is 0 Å². The number of hydrogen-bond acceptors (Lipinski definition) is 3. The lowest BCUT2D eigenvalue weighted by Gasteiger charge is -2.09. The average Bonchev–Trinajstić information content (AvgIpc) is 2.42. The molecule has 2 rings (SSSR count). The van der Waals surface area contributed by atoms with E-state index < -0.39 is 11.7 Å². The zero-order valence-corrected chi connectivity index (χ0v) is 11.6. The van der Waals surface area contributed by atoms with Gasteiger partial charge in [0.25, 0.3) is 11.5 Å². The second-order valence-corrected chi connectivity index (χ2v) is 4.64. The second-order valence-electron chi connectivity index (χ2n) is 4.64. The van der Waals surface area contributed by atoms with Gasteiger partial charge >= 0.3 is 0 Å². The average molecular weight is 289 g/mol. The van der Waals surface area contributed by atoms with Crippen LogP contribution in [0.3, 0.4) is 0 Å². The van der Waals surface area contributed by atoms with Crippen LogP contribution in [0.25, 0.3) is 0 Å². The molecule has 0 unspecified atom stereocenters. The SMILES string of the molecule is CCCn1cc(NC(=O)c2ccc(N)cc2F)ccc1=O. The van der Waals surface area contributed by atoms with Crippen molar-refractivity contribution in [3.8, 4) is 0 Å². The highest BCUT2D eigenvalue weighted by Crippen LogP contribution is 2.14. The molecule has 110 valence electrons. The molecule has 3 N–H and O–H groups in total. The van der Waals surface area contributed by atoms with Crippen LogP contribution in [0.4, 0.5) is 15.8 Å². The first-order chi connectivity index (χ1) is 10.0. The predicted octanol–water partition coefficient (Wildman–Crippen LogP) is 2.23. The first-order valence-electron chi connectivity index (χ1n) is 6.58. The molecule has 0 aliphatic carbocycles. The van der Waals surface area contributed by atoms with Crippen molar-refractivity contribution in [3.05, 3.63) is 58.3 Å². The minimum atomic E-state index is -0.686. The second kappa shape index (κ2) is 6.21. The number of carbonyl (C=O) groups excluding carboxylic acids is 1. The van der Waals surface area contributed by atoms with Gasteiger partial charge in [0.2, 0.25) is 0 Å². The van der Waals surface area contributed by atoms with Gasteiger partial charge in [0.1, 0.15) is 5.82 Å². The van der Waals surface area contributed by atoms with E-state index in [-0.39, 0.29) is 16.8 Å². The summed E-state index contributed by atoms with van der Waals surface area (Å²) in [5.74, 6) is -1.27. The number of nitrogens with zero attached hydrogens (tertiary/aromatic N) is 1. The number of halogens is 1. The number of aromatic nitrogens is 1. The summed E-state index contributed by atoms with van der Waals surface area (Å²) < 4.78 is 15.2. The number of amides is 1. The van der Waals surface area contributed by atoms with Crippen molar-refractivity contribution in [2.75, 3.05) is 11.1 Å². The van der Waals surface area contributed by atoms with Gasteiger partial charge < -0.3 is 15.6 Å². The van der Waals surface area contributed by atoms with Crippen molar-refractivity contribution in [1.82, 2.24) is 4.57 Å². The van der Waals surface area contributed by atoms with Crippen LogP contribution in [0.1, 0.15) is 23.7 Å². The molecule has 0 aliphatic heterocycles. The fourth-order valence-corrected chi connectivity index (χ4v) is 1.93. The number of anilines is 2. The highest BCUT2D eigenvalue weighted by Gasteiger charge is 2.12. The normalized spacial score (nSPS) is 10.4. The number of rotatable bonds is 4. The fourth-order valence-electron chi connectivity index (χ4n) is 1.93. The molecule has 0 spiro atoms. The van der Waals surface area contributed by atoms with Gasteiger partial charge in [-0.3, -0.25) is 9.59 Å². The number of aryl methyl sites for hydroxylation is 1. The molecule has 0 bridgehead atoms. The maximum atomic E-state index is 13.7. The summed E-state index contributed by atoms with van der Waals surface area (Å²) in [6.45, 7) is 2.50. The van der Waals surface area contributed by atoms with E-state index in [4.69, 9.17) is 5.73 Å². The number of hydrogen-bond donors (Lipinski definition) is 2. The van der Waals surface area contributed by atoms with Gasteiger partial charge in [0.15, 0.2) is 0 Å². The summed E-state index contributed by atoms with van der Waals surface area (Å²) in [5, 5.41) is 2.57. The van der Waals surface area contributed by atoms with Crippen LogP contribution in [0, 0.1) is 5.82 Å². The van der Waals surface area contributed by atoms with E-state index in [1.54, 1.807) is 6.20 Å². The Balaban J connectivity index is 2.23. The van der Waals surface area contributed by atoms with Crippen LogP contribution < -0.4 is 16.6 Å². The van der Waals surface area contributed by atoms with Crippen molar-refractivity contribution in [2.24, 2.45) is 0 Å². The number of carbonyl (C=O) groups is 1. The number of pyridine rings is 1. The van der Waals surface area contributed by atoms with Crippen LogP contribution in [0.15, 0.2) is 41.3 Å². The van der Waals surface area contributed by atoms with E-state index in [2.05, 4.69) is 5.32 Å². The van der Waals surface area contributed by atoms with E-state index in [0.29, 0.717) is 12.2 Å². The quantitative estimate of drug-likeness (QED) is 0.847. The van der Waals surface area contributed by atoms with E-state index >= 15 is 0 Å². The maximum Gasteiger partial charge on any atom is 0.258 e. The molecule has 1 heterocycles. The summed E-state index contributed by atoms with van der Waals surface area (Å²) in [6.07, 6.45) is 2.34. The minimum absolute atomic E-state index is 0.0996. The molecule has 0 radical (unpaired) electrons. The molecule has 21 heavy (non-hydrogen) atoms. The number of nitrogen functional groups attached to an aromatic ring is 1. The molecular weight excluding hydrogens is 273 g/mol. The fraction of sp³-hybridized carbons (Fsp3) is 0.200. The van der Waals surface area contributed by atoms with Gasteiger partial charge in [0.05, 0.1) is 11.3 Å². The summed E-state index contributed by atoms with van der Waals surface area (Å²) in [5.41, 5.74) is 5.88. The molecule has 0 saturated heterocycles. The standard InChI is InChI=1S/C15H16FN3O2/c1-2-7-19-9-11(4-6-14(19)20)18-15(21)12-5-3-10(17)8-13(12)16/h3-6,8-9H,2,7,17H2,1H3,(H,18,21). The number of nitrogens with two attached hydrogens (primary N) is 1. The Kier molecular flexibility index (Phi) is 4.37. The molecule has 1 amide bonds. The Morgan fingerprint density at radius 2 is 2.10 bits per heavy atom. The van der Waals surface area contributed by atoms with E-state index in [9.17, 15) is 14.0 Å². The lowest BCUT2D eigenvalue weighted by molar-refractivity contribution is 0.102. The topological polar surface area (TPSA) is 77.1 Å². The number of nitrogens with one attached hydrogen (secondary N) is 1. The summed E-state index contributed by atoms with van der Waals surface area (Å²) in [7, 11) is 0. The van der Waals surface area contributed by atoms with Crippen LogP contribution in [0.2, 0.25) is 0 Å². The predicted molar refractivity (Wildman–Crippen MR) is 79.8 cm³/mol. The Morgan fingerprint density at radius 3 is 2.76 bits per heavy atom. The molecule has 1 aromatic heterocycles. The highest BCUT2D eigenvalue weighted by atomic mass is 19.1. The lowest BCUT2D eigenvalue weighted by Crippen LogP contribution is -2.21. The largest absolute Gasteiger partial charge is 0.399 e. The first kappa shape index (κ1) is 14.8. The molecule has 0 saturated carbocycles. The van der Waals surface area contributed by atoms with Gasteiger partial charge in [0, 0.05) is 24.5 Å². The molecule has 6 heteroatoms. The Bertz CT molecular complexity index is 725. The highest BCUT2D eigenvalue weighted by molar-refractivity contribution is 6.04.